The number of rotatable bonds is 3. The molecular formula is C10H12N4O3. The molecule has 1 aliphatic carbocycles. The summed E-state index contributed by atoms with van der Waals surface area (Å²) in [4.78, 5) is 26.5. The van der Waals surface area contributed by atoms with Gasteiger partial charge < -0.3 is 5.11 Å². The Hall–Kier alpha value is -2.05. The van der Waals surface area contributed by atoms with Crippen molar-refractivity contribution in [1.82, 2.24) is 15.2 Å². The van der Waals surface area contributed by atoms with Crippen LogP contribution in [0, 0.1) is 17.3 Å². The molecule has 7 heteroatoms. The van der Waals surface area contributed by atoms with Gasteiger partial charge >= 0.3 is 5.97 Å². The summed E-state index contributed by atoms with van der Waals surface area (Å²) >= 11 is 0. The number of carbonyl (C=O) groups excluding carboxylic acids is 1. The lowest BCUT2D eigenvalue weighted by atomic mass is 10.1. The normalized spacial score (nSPS) is 25.1. The molecule has 2 rings (SSSR count). The van der Waals surface area contributed by atoms with Gasteiger partial charge in [-0.05, 0) is 5.41 Å². The van der Waals surface area contributed by atoms with Crippen molar-refractivity contribution < 1.29 is 14.7 Å². The van der Waals surface area contributed by atoms with Crippen LogP contribution < -0.4 is 5.32 Å². The van der Waals surface area contributed by atoms with E-state index >= 15 is 0 Å². The molecule has 1 saturated carbocycles. The maximum Gasteiger partial charge on any atom is 0.307 e. The third kappa shape index (κ3) is 1.95. The summed E-state index contributed by atoms with van der Waals surface area (Å²) in [6.07, 6.45) is 2.78. The van der Waals surface area contributed by atoms with E-state index in [2.05, 4.69) is 20.5 Å². The van der Waals surface area contributed by atoms with Crippen LogP contribution in [0.1, 0.15) is 13.8 Å². The lowest BCUT2D eigenvalue weighted by Crippen LogP contribution is -2.19. The second-order valence-electron chi connectivity index (χ2n) is 4.57. The fraction of sp³-hybridized carbons (Fsp3) is 0.500. The zero-order valence-corrected chi connectivity index (χ0v) is 9.41. The van der Waals surface area contributed by atoms with Crippen molar-refractivity contribution in [2.45, 2.75) is 13.8 Å². The fourth-order valence-corrected chi connectivity index (χ4v) is 2.08. The van der Waals surface area contributed by atoms with Gasteiger partial charge in [-0.25, -0.2) is 4.98 Å². The SMILES string of the molecule is CC1(C)[C@H](C(=O)O)[C@@H]1C(=O)Nc1nccnn1. The van der Waals surface area contributed by atoms with Crippen molar-refractivity contribution in [2.24, 2.45) is 17.3 Å². The molecule has 1 fully saturated rings. The minimum Gasteiger partial charge on any atom is -0.481 e. The van der Waals surface area contributed by atoms with Crippen LogP contribution in [0.3, 0.4) is 0 Å². The monoisotopic (exact) mass is 236 g/mol. The molecule has 1 amide bonds. The first-order valence-corrected chi connectivity index (χ1v) is 5.12. The van der Waals surface area contributed by atoms with Crippen LogP contribution in [0.25, 0.3) is 0 Å². The molecule has 1 aromatic rings. The van der Waals surface area contributed by atoms with Gasteiger partial charge in [0.15, 0.2) is 0 Å². The average Bonchev–Trinajstić information content (AvgIpc) is 2.83. The van der Waals surface area contributed by atoms with Gasteiger partial charge in [-0.1, -0.05) is 13.8 Å². The standard InChI is InChI=1S/C10H12N4O3/c1-10(2)5(6(10)8(16)17)7(15)13-9-11-3-4-12-14-9/h3-6H,1-2H3,(H,16,17)(H,11,13,14,15)/t5-,6+/m1/s1. The molecule has 1 heterocycles. The van der Waals surface area contributed by atoms with E-state index in [-0.39, 0.29) is 11.9 Å². The highest BCUT2D eigenvalue weighted by molar-refractivity contribution is 5.98. The first kappa shape index (κ1) is 11.4. The number of hydrogen-bond acceptors (Lipinski definition) is 5. The topological polar surface area (TPSA) is 105 Å². The molecule has 1 aromatic heterocycles. The number of carboxylic acid groups (broad SMARTS) is 1. The lowest BCUT2D eigenvalue weighted by Gasteiger charge is -2.02. The summed E-state index contributed by atoms with van der Waals surface area (Å²) in [5.74, 6) is -2.45. The van der Waals surface area contributed by atoms with Crippen molar-refractivity contribution in [3.8, 4) is 0 Å². The molecule has 2 atom stereocenters. The number of aliphatic carboxylic acids is 1. The Morgan fingerprint density at radius 3 is 2.53 bits per heavy atom. The van der Waals surface area contributed by atoms with Gasteiger partial charge in [0.1, 0.15) is 0 Å². The van der Waals surface area contributed by atoms with Gasteiger partial charge in [0.05, 0.1) is 24.2 Å². The second kappa shape index (κ2) is 3.76. The minimum absolute atomic E-state index is 0.0874. The predicted molar refractivity (Wildman–Crippen MR) is 56.9 cm³/mol. The molecule has 0 aliphatic heterocycles. The summed E-state index contributed by atoms with van der Waals surface area (Å²) in [6.45, 7) is 3.50. The molecule has 0 aromatic carbocycles. The molecular weight excluding hydrogens is 224 g/mol. The van der Waals surface area contributed by atoms with Crippen molar-refractivity contribution in [2.75, 3.05) is 5.32 Å². The Balaban J connectivity index is 2.06. The largest absolute Gasteiger partial charge is 0.481 e. The Bertz CT molecular complexity index is 460. The third-order valence-electron chi connectivity index (χ3n) is 3.09. The summed E-state index contributed by atoms with van der Waals surface area (Å²) in [5.41, 5.74) is -0.530. The summed E-state index contributed by atoms with van der Waals surface area (Å²) in [5, 5.41) is 18.6. The second-order valence-corrected chi connectivity index (χ2v) is 4.57. The number of nitrogens with one attached hydrogen (secondary N) is 1. The van der Waals surface area contributed by atoms with E-state index in [1.807, 2.05) is 0 Å². The number of carboxylic acids is 1. The zero-order chi connectivity index (χ0) is 12.6. The first-order valence-electron chi connectivity index (χ1n) is 5.12. The van der Waals surface area contributed by atoms with Crippen molar-refractivity contribution in [3.63, 3.8) is 0 Å². The number of anilines is 1. The smallest absolute Gasteiger partial charge is 0.307 e. The number of aromatic nitrogens is 3. The fourth-order valence-electron chi connectivity index (χ4n) is 2.08. The van der Waals surface area contributed by atoms with Crippen LogP contribution in [-0.2, 0) is 9.59 Å². The van der Waals surface area contributed by atoms with Gasteiger partial charge in [-0.2, -0.15) is 5.10 Å². The van der Waals surface area contributed by atoms with E-state index in [9.17, 15) is 9.59 Å². The Kier molecular flexibility index (Phi) is 2.53. The molecule has 1 aliphatic rings. The molecule has 0 bridgehead atoms. The Labute approximate surface area is 97.3 Å². The Morgan fingerprint density at radius 1 is 1.35 bits per heavy atom. The lowest BCUT2D eigenvalue weighted by molar-refractivity contribution is -0.140. The summed E-state index contributed by atoms with van der Waals surface area (Å²) in [6, 6.07) is 0. The van der Waals surface area contributed by atoms with Crippen LogP contribution >= 0.6 is 0 Å². The number of nitrogens with zero attached hydrogens (tertiary/aromatic N) is 3. The van der Waals surface area contributed by atoms with Crippen molar-refractivity contribution in [3.05, 3.63) is 12.4 Å². The maximum atomic E-state index is 11.8. The van der Waals surface area contributed by atoms with E-state index in [1.165, 1.54) is 12.4 Å². The number of carbonyl (C=O) groups is 2. The highest BCUT2D eigenvalue weighted by Crippen LogP contribution is 2.58. The third-order valence-corrected chi connectivity index (χ3v) is 3.09. The van der Waals surface area contributed by atoms with Gasteiger partial charge in [0.25, 0.3) is 0 Å². The minimum atomic E-state index is -0.956. The quantitative estimate of drug-likeness (QED) is 0.774. The van der Waals surface area contributed by atoms with Gasteiger partial charge in [0.2, 0.25) is 11.9 Å². The highest BCUT2D eigenvalue weighted by atomic mass is 16.4. The molecule has 7 nitrogen and oxygen atoms in total. The molecule has 0 unspecified atom stereocenters. The van der Waals surface area contributed by atoms with Crippen molar-refractivity contribution in [1.29, 1.82) is 0 Å². The maximum absolute atomic E-state index is 11.8. The molecule has 0 spiro atoms. The van der Waals surface area contributed by atoms with Crippen molar-refractivity contribution >= 4 is 17.8 Å². The van der Waals surface area contributed by atoms with Crippen LogP contribution in [0.15, 0.2) is 12.4 Å². The molecule has 0 saturated heterocycles. The van der Waals surface area contributed by atoms with Gasteiger partial charge in [-0.15, -0.1) is 5.10 Å². The number of hydrogen-bond donors (Lipinski definition) is 2. The van der Waals surface area contributed by atoms with E-state index in [0.29, 0.717) is 0 Å². The zero-order valence-electron chi connectivity index (χ0n) is 9.41. The van der Waals surface area contributed by atoms with Gasteiger partial charge in [-0.3, -0.25) is 14.9 Å². The summed E-state index contributed by atoms with van der Waals surface area (Å²) < 4.78 is 0. The molecule has 17 heavy (non-hydrogen) atoms. The molecule has 2 N–H and O–H groups in total. The van der Waals surface area contributed by atoms with Crippen LogP contribution in [0.5, 0.6) is 0 Å². The predicted octanol–water partition coefficient (Wildman–Crippen LogP) is 0.167. The van der Waals surface area contributed by atoms with E-state index in [0.717, 1.165) is 0 Å². The van der Waals surface area contributed by atoms with Crippen LogP contribution in [-0.4, -0.2) is 32.2 Å². The Morgan fingerprint density at radius 2 is 2.06 bits per heavy atom. The number of amides is 1. The van der Waals surface area contributed by atoms with Gasteiger partial charge in [0, 0.05) is 0 Å². The first-order chi connectivity index (χ1) is 7.94. The highest BCUT2D eigenvalue weighted by Gasteiger charge is 2.66. The summed E-state index contributed by atoms with van der Waals surface area (Å²) in [7, 11) is 0. The van der Waals surface area contributed by atoms with Crippen LogP contribution in [0.4, 0.5) is 5.95 Å². The van der Waals surface area contributed by atoms with E-state index in [1.54, 1.807) is 13.8 Å². The van der Waals surface area contributed by atoms with Crippen LogP contribution in [0.2, 0.25) is 0 Å². The van der Waals surface area contributed by atoms with E-state index < -0.39 is 23.2 Å². The average molecular weight is 236 g/mol. The molecule has 90 valence electrons. The van der Waals surface area contributed by atoms with E-state index in [4.69, 9.17) is 5.11 Å². The molecule has 0 radical (unpaired) electrons.